The summed E-state index contributed by atoms with van der Waals surface area (Å²) in [5, 5.41) is 8.24. The highest BCUT2D eigenvalue weighted by Crippen LogP contribution is 2.27. The van der Waals surface area contributed by atoms with Crippen LogP contribution in [0.5, 0.6) is 5.75 Å². The first kappa shape index (κ1) is 14.7. The average Bonchev–Trinajstić information content (AvgIpc) is 2.88. The van der Waals surface area contributed by atoms with Crippen LogP contribution in [0.3, 0.4) is 0 Å². The van der Waals surface area contributed by atoms with Gasteiger partial charge in [-0.25, -0.2) is 4.98 Å². The van der Waals surface area contributed by atoms with E-state index in [4.69, 9.17) is 4.74 Å². The second kappa shape index (κ2) is 5.63. The Morgan fingerprint density at radius 2 is 2.21 bits per heavy atom. The summed E-state index contributed by atoms with van der Waals surface area (Å²) in [6.07, 6.45) is 2.35. The molecule has 1 amide bonds. The Morgan fingerprint density at radius 3 is 3.08 bits per heavy atom. The molecule has 0 fully saturated rings. The van der Waals surface area contributed by atoms with Crippen molar-refractivity contribution in [1.29, 1.82) is 0 Å². The Balaban J connectivity index is 1.53. The Kier molecular flexibility index (Phi) is 3.45. The number of hydrogen-bond donors (Lipinski definition) is 1. The number of carbonyl (C=O) groups is 1. The molecule has 1 aliphatic heterocycles. The number of para-hydroxylation sites is 1. The summed E-state index contributed by atoms with van der Waals surface area (Å²) in [6, 6.07) is 9.76. The number of anilines is 1. The summed E-state index contributed by atoms with van der Waals surface area (Å²) >= 11 is 0. The van der Waals surface area contributed by atoms with E-state index >= 15 is 0 Å². The van der Waals surface area contributed by atoms with Crippen LogP contribution in [0, 0.1) is 12.8 Å². The van der Waals surface area contributed by atoms with Gasteiger partial charge in [0.05, 0.1) is 23.5 Å². The Labute approximate surface area is 139 Å². The van der Waals surface area contributed by atoms with Gasteiger partial charge in [-0.15, -0.1) is 0 Å². The quantitative estimate of drug-likeness (QED) is 0.787. The molecule has 3 aromatic rings. The average molecular weight is 322 g/mol. The summed E-state index contributed by atoms with van der Waals surface area (Å²) in [5.41, 5.74) is 3.45. The van der Waals surface area contributed by atoms with Crippen molar-refractivity contribution in [3.05, 3.63) is 47.8 Å². The molecule has 1 atom stereocenters. The third-order valence-corrected chi connectivity index (χ3v) is 4.38. The van der Waals surface area contributed by atoms with Crippen LogP contribution in [-0.2, 0) is 18.3 Å². The van der Waals surface area contributed by atoms with Crippen LogP contribution in [0.4, 0.5) is 5.69 Å². The van der Waals surface area contributed by atoms with Crippen LogP contribution in [0.1, 0.15) is 11.3 Å². The maximum absolute atomic E-state index is 12.6. The molecule has 6 nitrogen and oxygen atoms in total. The first-order valence-electron chi connectivity index (χ1n) is 7.93. The fourth-order valence-electron chi connectivity index (χ4n) is 3.12. The number of pyridine rings is 1. The zero-order chi connectivity index (χ0) is 16.7. The zero-order valence-corrected chi connectivity index (χ0v) is 13.6. The summed E-state index contributed by atoms with van der Waals surface area (Å²) in [5.74, 6) is 0.619. The number of nitrogens with zero attached hydrogens (tertiary/aromatic N) is 3. The number of aryl methyl sites for hydroxylation is 2. The Hall–Kier alpha value is -2.89. The standard InChI is InChI=1S/C18H18N4O2/c1-11-15-8-14(9-19-17(15)22(2)21-11)20-18(23)13-7-12-5-3-4-6-16(12)24-10-13/h3-6,8-9,13H,7,10H2,1-2H3,(H,20,23)/t13-/m0/s1. The van der Waals surface area contributed by atoms with Gasteiger partial charge in [-0.05, 0) is 31.0 Å². The van der Waals surface area contributed by atoms with E-state index in [-0.39, 0.29) is 11.8 Å². The fourth-order valence-corrected chi connectivity index (χ4v) is 3.12. The van der Waals surface area contributed by atoms with Crippen LogP contribution in [0.15, 0.2) is 36.5 Å². The van der Waals surface area contributed by atoms with Crippen molar-refractivity contribution in [2.24, 2.45) is 13.0 Å². The number of aromatic nitrogens is 3. The Bertz CT molecular complexity index is 932. The van der Waals surface area contributed by atoms with Crippen LogP contribution in [0.25, 0.3) is 11.0 Å². The molecule has 1 aromatic carbocycles. The van der Waals surface area contributed by atoms with Gasteiger partial charge >= 0.3 is 0 Å². The minimum absolute atomic E-state index is 0.0489. The lowest BCUT2D eigenvalue weighted by Crippen LogP contribution is -2.32. The van der Waals surface area contributed by atoms with Gasteiger partial charge in [-0.2, -0.15) is 5.10 Å². The fraction of sp³-hybridized carbons (Fsp3) is 0.278. The molecule has 1 aliphatic rings. The molecule has 0 spiro atoms. The van der Waals surface area contributed by atoms with E-state index in [1.165, 1.54) is 0 Å². The molecular formula is C18H18N4O2. The third-order valence-electron chi connectivity index (χ3n) is 4.38. The van der Waals surface area contributed by atoms with Crippen molar-refractivity contribution in [1.82, 2.24) is 14.8 Å². The SMILES string of the molecule is Cc1nn(C)c2ncc(NC(=O)[C@@H]3COc4ccccc4C3)cc12. The number of carbonyl (C=O) groups excluding carboxylic acids is 1. The molecule has 0 unspecified atom stereocenters. The van der Waals surface area contributed by atoms with Gasteiger partial charge in [-0.3, -0.25) is 9.48 Å². The second-order valence-corrected chi connectivity index (χ2v) is 6.11. The molecule has 2 aromatic heterocycles. The van der Waals surface area contributed by atoms with E-state index in [1.54, 1.807) is 10.9 Å². The van der Waals surface area contributed by atoms with Crippen LogP contribution in [0.2, 0.25) is 0 Å². The third kappa shape index (κ3) is 2.50. The molecule has 3 heterocycles. The number of benzene rings is 1. The Morgan fingerprint density at radius 1 is 1.38 bits per heavy atom. The van der Waals surface area contributed by atoms with Gasteiger partial charge in [0.15, 0.2) is 5.65 Å². The van der Waals surface area contributed by atoms with Gasteiger partial charge in [0.2, 0.25) is 5.91 Å². The lowest BCUT2D eigenvalue weighted by atomic mass is 9.96. The first-order chi connectivity index (χ1) is 11.6. The molecule has 0 radical (unpaired) electrons. The summed E-state index contributed by atoms with van der Waals surface area (Å²) in [6.45, 7) is 2.33. The minimum atomic E-state index is -0.203. The van der Waals surface area contributed by atoms with Gasteiger partial charge in [0, 0.05) is 12.4 Å². The van der Waals surface area contributed by atoms with E-state index in [0.717, 1.165) is 28.0 Å². The van der Waals surface area contributed by atoms with Gasteiger partial charge < -0.3 is 10.1 Å². The molecule has 6 heteroatoms. The highest BCUT2D eigenvalue weighted by atomic mass is 16.5. The predicted octanol–water partition coefficient (Wildman–Crippen LogP) is 2.47. The lowest BCUT2D eigenvalue weighted by molar-refractivity contribution is -0.121. The van der Waals surface area contributed by atoms with Gasteiger partial charge in [-0.1, -0.05) is 18.2 Å². The zero-order valence-electron chi connectivity index (χ0n) is 13.6. The summed E-state index contributed by atoms with van der Waals surface area (Å²) in [4.78, 5) is 17.0. The monoisotopic (exact) mass is 322 g/mol. The largest absolute Gasteiger partial charge is 0.492 e. The van der Waals surface area contributed by atoms with E-state index < -0.39 is 0 Å². The second-order valence-electron chi connectivity index (χ2n) is 6.11. The molecule has 4 rings (SSSR count). The van der Waals surface area contributed by atoms with Crippen molar-refractivity contribution in [3.63, 3.8) is 0 Å². The number of ether oxygens (including phenoxy) is 1. The lowest BCUT2D eigenvalue weighted by Gasteiger charge is -2.24. The van der Waals surface area contributed by atoms with Crippen molar-refractivity contribution in [2.75, 3.05) is 11.9 Å². The molecule has 122 valence electrons. The maximum Gasteiger partial charge on any atom is 0.231 e. The van der Waals surface area contributed by atoms with E-state index in [1.807, 2.05) is 44.3 Å². The number of nitrogens with one attached hydrogen (secondary N) is 1. The van der Waals surface area contributed by atoms with Gasteiger partial charge in [0.25, 0.3) is 0 Å². The number of fused-ring (bicyclic) bond motifs is 2. The highest BCUT2D eigenvalue weighted by molar-refractivity contribution is 5.95. The normalized spacial score (nSPS) is 16.5. The van der Waals surface area contributed by atoms with E-state index in [2.05, 4.69) is 15.4 Å². The van der Waals surface area contributed by atoms with Crippen molar-refractivity contribution in [3.8, 4) is 5.75 Å². The number of hydrogen-bond acceptors (Lipinski definition) is 4. The molecule has 0 saturated carbocycles. The van der Waals surface area contributed by atoms with Crippen molar-refractivity contribution in [2.45, 2.75) is 13.3 Å². The van der Waals surface area contributed by atoms with E-state index in [0.29, 0.717) is 18.7 Å². The van der Waals surface area contributed by atoms with Crippen LogP contribution in [-0.4, -0.2) is 27.3 Å². The van der Waals surface area contributed by atoms with Crippen LogP contribution >= 0.6 is 0 Å². The molecule has 0 aliphatic carbocycles. The van der Waals surface area contributed by atoms with Crippen molar-refractivity contribution < 1.29 is 9.53 Å². The van der Waals surface area contributed by atoms with Gasteiger partial charge in [0.1, 0.15) is 12.4 Å². The van der Waals surface area contributed by atoms with Crippen LogP contribution < -0.4 is 10.1 Å². The smallest absolute Gasteiger partial charge is 0.231 e. The molecule has 0 saturated heterocycles. The number of rotatable bonds is 2. The number of amides is 1. The predicted molar refractivity (Wildman–Crippen MR) is 91.0 cm³/mol. The van der Waals surface area contributed by atoms with E-state index in [9.17, 15) is 4.79 Å². The highest BCUT2D eigenvalue weighted by Gasteiger charge is 2.26. The molecule has 24 heavy (non-hydrogen) atoms. The first-order valence-corrected chi connectivity index (χ1v) is 7.93. The topological polar surface area (TPSA) is 69.0 Å². The maximum atomic E-state index is 12.6. The summed E-state index contributed by atoms with van der Waals surface area (Å²) < 4.78 is 7.44. The minimum Gasteiger partial charge on any atom is -0.492 e. The molecular weight excluding hydrogens is 304 g/mol. The molecule has 1 N–H and O–H groups in total. The summed E-state index contributed by atoms with van der Waals surface area (Å²) in [7, 11) is 1.86. The van der Waals surface area contributed by atoms with Crippen molar-refractivity contribution >= 4 is 22.6 Å². The molecule has 0 bridgehead atoms.